The van der Waals surface area contributed by atoms with Crippen molar-refractivity contribution in [2.45, 2.75) is 39.7 Å². The first-order valence-corrected chi connectivity index (χ1v) is 9.59. The minimum atomic E-state index is -0.378. The highest BCUT2D eigenvalue weighted by Gasteiger charge is 2.36. The normalized spacial score (nSPS) is 16.2. The molecule has 7 heteroatoms. The lowest BCUT2D eigenvalue weighted by Crippen LogP contribution is -2.37. The number of amides is 1. The molecule has 3 aromatic heterocycles. The molecule has 0 spiro atoms. The van der Waals surface area contributed by atoms with Gasteiger partial charge in [0, 0.05) is 24.1 Å². The van der Waals surface area contributed by atoms with Crippen molar-refractivity contribution in [3.63, 3.8) is 0 Å². The van der Waals surface area contributed by atoms with Crippen LogP contribution in [0.15, 0.2) is 48.9 Å². The van der Waals surface area contributed by atoms with Crippen molar-refractivity contribution in [1.29, 1.82) is 0 Å². The minimum Gasteiger partial charge on any atom is -0.447 e. The zero-order valence-corrected chi connectivity index (χ0v) is 16.6. The van der Waals surface area contributed by atoms with Gasteiger partial charge in [-0.3, -0.25) is 4.90 Å². The molecule has 2 N–H and O–H groups in total. The summed E-state index contributed by atoms with van der Waals surface area (Å²) in [6.45, 7) is 6.66. The molecule has 1 fully saturated rings. The van der Waals surface area contributed by atoms with Crippen molar-refractivity contribution in [1.82, 2.24) is 14.4 Å². The van der Waals surface area contributed by atoms with Crippen LogP contribution in [-0.2, 0) is 11.2 Å². The monoisotopic (exact) mass is 381 g/mol. The van der Waals surface area contributed by atoms with Gasteiger partial charge in [0.2, 0.25) is 5.95 Å². The number of cyclic esters (lactones) is 1. The number of nitrogen functional groups attached to an aromatic ring is 1. The van der Waals surface area contributed by atoms with Crippen LogP contribution in [0.1, 0.15) is 32.8 Å². The second-order valence-electron chi connectivity index (χ2n) is 7.16. The molecule has 1 aliphatic rings. The Morgan fingerprint density at radius 1 is 1.32 bits per heavy atom. The average Bonchev–Trinajstić information content (AvgIpc) is 3.25. The lowest BCUT2D eigenvalue weighted by Gasteiger charge is -2.23. The summed E-state index contributed by atoms with van der Waals surface area (Å²) in [4.78, 5) is 21.0. The van der Waals surface area contributed by atoms with Crippen molar-refractivity contribution < 1.29 is 9.53 Å². The zero-order valence-electron chi connectivity index (χ0n) is 16.6. The van der Waals surface area contributed by atoms with E-state index in [0.29, 0.717) is 18.3 Å². The SMILES string of the molecule is CC(C)[C@H]1COC(=O)N1c1ccnc(N)n1.CCCc1cc2ccccn2c1. The highest BCUT2D eigenvalue weighted by molar-refractivity contribution is 5.89. The maximum atomic E-state index is 11.6. The molecule has 0 radical (unpaired) electrons. The van der Waals surface area contributed by atoms with Crippen LogP contribution in [-0.4, -0.2) is 33.1 Å². The number of pyridine rings is 1. The van der Waals surface area contributed by atoms with E-state index in [0.717, 1.165) is 0 Å². The molecule has 0 bridgehead atoms. The third-order valence-corrected chi connectivity index (χ3v) is 4.68. The van der Waals surface area contributed by atoms with Crippen LogP contribution >= 0.6 is 0 Å². The van der Waals surface area contributed by atoms with E-state index < -0.39 is 0 Å². The lowest BCUT2D eigenvalue weighted by molar-refractivity contribution is 0.177. The van der Waals surface area contributed by atoms with Crippen molar-refractivity contribution in [2.24, 2.45) is 5.92 Å². The molecule has 3 aromatic rings. The van der Waals surface area contributed by atoms with Gasteiger partial charge in [-0.2, -0.15) is 4.98 Å². The predicted molar refractivity (Wildman–Crippen MR) is 110 cm³/mol. The minimum absolute atomic E-state index is 0.00167. The fourth-order valence-corrected chi connectivity index (χ4v) is 3.23. The number of hydrogen-bond donors (Lipinski definition) is 1. The van der Waals surface area contributed by atoms with Gasteiger partial charge < -0.3 is 14.9 Å². The molecule has 1 saturated heterocycles. The van der Waals surface area contributed by atoms with E-state index in [2.05, 4.69) is 58.0 Å². The quantitative estimate of drug-likeness (QED) is 0.740. The fraction of sp³-hybridized carbons (Fsp3) is 0.381. The van der Waals surface area contributed by atoms with E-state index in [-0.39, 0.29) is 18.1 Å². The number of anilines is 2. The van der Waals surface area contributed by atoms with Crippen LogP contribution in [0.25, 0.3) is 5.52 Å². The summed E-state index contributed by atoms with van der Waals surface area (Å²) in [5.41, 5.74) is 8.22. The Morgan fingerprint density at radius 2 is 2.14 bits per heavy atom. The Kier molecular flexibility index (Phi) is 6.13. The molecule has 4 rings (SSSR count). The van der Waals surface area contributed by atoms with Gasteiger partial charge in [-0.15, -0.1) is 0 Å². The Labute approximate surface area is 165 Å². The molecular formula is C21H27N5O2. The van der Waals surface area contributed by atoms with Gasteiger partial charge in [-0.1, -0.05) is 33.3 Å². The average molecular weight is 381 g/mol. The van der Waals surface area contributed by atoms with Crippen molar-refractivity contribution in [3.8, 4) is 0 Å². The number of aromatic nitrogens is 3. The summed E-state index contributed by atoms with van der Waals surface area (Å²) in [7, 11) is 0. The molecule has 7 nitrogen and oxygen atoms in total. The molecule has 148 valence electrons. The third-order valence-electron chi connectivity index (χ3n) is 4.68. The Bertz CT molecular complexity index is 904. The first kappa shape index (κ1) is 19.7. The topological polar surface area (TPSA) is 85.8 Å². The van der Waals surface area contributed by atoms with Crippen LogP contribution < -0.4 is 10.6 Å². The smallest absolute Gasteiger partial charge is 0.415 e. The molecule has 1 amide bonds. The summed E-state index contributed by atoms with van der Waals surface area (Å²) >= 11 is 0. The second-order valence-corrected chi connectivity index (χ2v) is 7.16. The van der Waals surface area contributed by atoms with Gasteiger partial charge in [0.25, 0.3) is 0 Å². The molecule has 0 unspecified atom stereocenters. The van der Waals surface area contributed by atoms with Gasteiger partial charge in [0.1, 0.15) is 12.4 Å². The molecule has 1 atom stereocenters. The molecule has 0 saturated carbocycles. The Balaban J connectivity index is 0.000000167. The molecule has 1 aliphatic heterocycles. The fourth-order valence-electron chi connectivity index (χ4n) is 3.23. The summed E-state index contributed by atoms with van der Waals surface area (Å²) in [5, 5.41) is 0. The van der Waals surface area contributed by atoms with Gasteiger partial charge in [-0.05, 0) is 42.2 Å². The largest absolute Gasteiger partial charge is 0.447 e. The van der Waals surface area contributed by atoms with Crippen molar-refractivity contribution in [2.75, 3.05) is 17.2 Å². The van der Waals surface area contributed by atoms with Crippen molar-refractivity contribution in [3.05, 3.63) is 54.5 Å². The van der Waals surface area contributed by atoms with E-state index in [1.165, 1.54) is 35.0 Å². The number of aryl methyl sites for hydroxylation is 1. The highest BCUT2D eigenvalue weighted by atomic mass is 16.6. The number of nitrogens with two attached hydrogens (primary N) is 1. The van der Waals surface area contributed by atoms with E-state index in [9.17, 15) is 4.79 Å². The molecule has 28 heavy (non-hydrogen) atoms. The van der Waals surface area contributed by atoms with Gasteiger partial charge in [-0.25, -0.2) is 9.78 Å². The van der Waals surface area contributed by atoms with Gasteiger partial charge in [0.05, 0.1) is 6.04 Å². The van der Waals surface area contributed by atoms with Crippen LogP contribution in [0.2, 0.25) is 0 Å². The summed E-state index contributed by atoms with van der Waals surface area (Å²) in [5.74, 6) is 0.941. The molecular weight excluding hydrogens is 354 g/mol. The van der Waals surface area contributed by atoms with E-state index in [1.807, 2.05) is 13.8 Å². The molecule has 4 heterocycles. The van der Waals surface area contributed by atoms with Crippen LogP contribution in [0.5, 0.6) is 0 Å². The van der Waals surface area contributed by atoms with E-state index in [1.54, 1.807) is 6.07 Å². The van der Waals surface area contributed by atoms with Crippen LogP contribution in [0.4, 0.5) is 16.6 Å². The number of nitrogens with zero attached hydrogens (tertiary/aromatic N) is 4. The van der Waals surface area contributed by atoms with E-state index >= 15 is 0 Å². The van der Waals surface area contributed by atoms with Crippen LogP contribution in [0.3, 0.4) is 0 Å². The number of carbonyl (C=O) groups excluding carboxylic acids is 1. The number of carbonyl (C=O) groups is 1. The summed E-state index contributed by atoms with van der Waals surface area (Å²) in [6.07, 6.45) is 7.85. The van der Waals surface area contributed by atoms with Gasteiger partial charge in [0.15, 0.2) is 0 Å². The third kappa shape index (κ3) is 4.42. The number of fused-ring (bicyclic) bond motifs is 1. The standard InChI is InChI=1S/C11H13N.C10H14N4O2/c1-2-5-10-8-11-6-3-4-7-12(11)9-10;1-6(2)7-5-16-10(15)14(7)8-3-4-12-9(11)13-8/h3-4,6-9H,2,5H2,1H3;3-4,6-7H,5H2,1-2H3,(H2,11,12,13)/t;7-/m.1/s1. The number of ether oxygens (including phenoxy) is 1. The van der Waals surface area contributed by atoms with Gasteiger partial charge >= 0.3 is 6.09 Å². The predicted octanol–water partition coefficient (Wildman–Crippen LogP) is 3.93. The number of hydrogen-bond acceptors (Lipinski definition) is 5. The van der Waals surface area contributed by atoms with E-state index in [4.69, 9.17) is 10.5 Å². The Hall–Kier alpha value is -3.09. The maximum Gasteiger partial charge on any atom is 0.415 e. The Morgan fingerprint density at radius 3 is 2.82 bits per heavy atom. The summed E-state index contributed by atoms with van der Waals surface area (Å²) in [6, 6.07) is 10.2. The highest BCUT2D eigenvalue weighted by Crippen LogP contribution is 2.25. The summed E-state index contributed by atoms with van der Waals surface area (Å²) < 4.78 is 7.19. The first-order chi connectivity index (χ1) is 13.5. The molecule has 0 aliphatic carbocycles. The zero-order chi connectivity index (χ0) is 20.1. The second kappa shape index (κ2) is 8.73. The molecule has 0 aromatic carbocycles. The van der Waals surface area contributed by atoms with Crippen molar-refractivity contribution >= 4 is 23.4 Å². The lowest BCUT2D eigenvalue weighted by atomic mass is 10.0. The number of rotatable bonds is 4. The maximum absolute atomic E-state index is 11.6. The first-order valence-electron chi connectivity index (χ1n) is 9.59. The van der Waals surface area contributed by atoms with Crippen LogP contribution in [0, 0.1) is 5.92 Å².